The van der Waals surface area contributed by atoms with Gasteiger partial charge in [0.1, 0.15) is 0 Å². The second-order valence-corrected chi connectivity index (χ2v) is 7.10. The molecule has 2 heterocycles. The van der Waals surface area contributed by atoms with E-state index in [0.717, 1.165) is 5.56 Å². The zero-order chi connectivity index (χ0) is 19.8. The van der Waals surface area contributed by atoms with Crippen molar-refractivity contribution < 1.29 is 9.59 Å². The van der Waals surface area contributed by atoms with Crippen LogP contribution < -0.4 is 16.0 Å². The van der Waals surface area contributed by atoms with E-state index in [4.69, 9.17) is 28.9 Å². The van der Waals surface area contributed by atoms with Crippen LogP contribution in [0.25, 0.3) is 0 Å². The highest BCUT2D eigenvalue weighted by Crippen LogP contribution is 2.35. The van der Waals surface area contributed by atoms with Gasteiger partial charge < -0.3 is 16.0 Å². The largest absolute Gasteiger partial charge is 0.397 e. The first kappa shape index (κ1) is 18.3. The van der Waals surface area contributed by atoms with Crippen molar-refractivity contribution in [2.75, 3.05) is 16.0 Å². The van der Waals surface area contributed by atoms with Gasteiger partial charge in [0.05, 0.1) is 22.9 Å². The lowest BCUT2D eigenvalue weighted by molar-refractivity contribution is 0.0994. The lowest BCUT2D eigenvalue weighted by Crippen LogP contribution is -2.23. The molecule has 140 valence electrons. The van der Waals surface area contributed by atoms with Gasteiger partial charge in [-0.3, -0.25) is 9.59 Å². The fourth-order valence-corrected chi connectivity index (χ4v) is 3.52. The minimum Gasteiger partial charge on any atom is -0.397 e. The van der Waals surface area contributed by atoms with Gasteiger partial charge in [-0.05, 0) is 48.0 Å². The number of rotatable bonds is 3. The zero-order valence-corrected chi connectivity index (χ0v) is 16.0. The van der Waals surface area contributed by atoms with Crippen LogP contribution in [0, 0.1) is 0 Å². The number of nitrogens with zero attached hydrogens (tertiary/aromatic N) is 2. The first-order chi connectivity index (χ1) is 13.4. The van der Waals surface area contributed by atoms with E-state index in [9.17, 15) is 9.59 Å². The van der Waals surface area contributed by atoms with Crippen molar-refractivity contribution in [3.05, 3.63) is 81.6 Å². The predicted molar refractivity (Wildman–Crippen MR) is 110 cm³/mol. The Bertz CT molecular complexity index is 1120. The Morgan fingerprint density at radius 2 is 1.96 bits per heavy atom. The van der Waals surface area contributed by atoms with Gasteiger partial charge in [-0.25, -0.2) is 4.98 Å². The lowest BCUT2D eigenvalue weighted by Gasteiger charge is -2.18. The molecule has 0 fully saturated rings. The van der Waals surface area contributed by atoms with Crippen molar-refractivity contribution >= 4 is 52.1 Å². The number of halogens is 2. The molecule has 0 atom stereocenters. The van der Waals surface area contributed by atoms with Crippen LogP contribution in [-0.2, 0) is 6.54 Å². The molecule has 3 aromatic rings. The van der Waals surface area contributed by atoms with Crippen molar-refractivity contribution in [3.8, 4) is 0 Å². The molecular formula is C20H14Cl2N4O2. The van der Waals surface area contributed by atoms with Crippen LogP contribution in [-0.4, -0.2) is 16.8 Å². The van der Waals surface area contributed by atoms with Gasteiger partial charge in [0, 0.05) is 22.5 Å². The van der Waals surface area contributed by atoms with E-state index in [1.165, 1.54) is 6.20 Å². The van der Waals surface area contributed by atoms with E-state index in [0.29, 0.717) is 33.5 Å². The normalized spacial score (nSPS) is 12.8. The van der Waals surface area contributed by atoms with E-state index >= 15 is 0 Å². The average molecular weight is 413 g/mol. The van der Waals surface area contributed by atoms with Gasteiger partial charge in [-0.1, -0.05) is 29.3 Å². The summed E-state index contributed by atoms with van der Waals surface area (Å²) in [6, 6.07) is 13.4. The summed E-state index contributed by atoms with van der Waals surface area (Å²) in [5.41, 5.74) is 8.65. The molecule has 2 amide bonds. The number of nitrogens with two attached hydrogens (primary N) is 1. The molecule has 1 aliphatic rings. The molecule has 1 aliphatic heterocycles. The third-order valence-corrected chi connectivity index (χ3v) is 4.96. The Kier molecular flexibility index (Phi) is 4.66. The summed E-state index contributed by atoms with van der Waals surface area (Å²) in [5.74, 6) is -0.612. The molecule has 0 radical (unpaired) electrons. The Balaban J connectivity index is 1.57. The van der Waals surface area contributed by atoms with Crippen LogP contribution >= 0.6 is 23.2 Å². The van der Waals surface area contributed by atoms with Gasteiger partial charge in [0.2, 0.25) is 0 Å². The van der Waals surface area contributed by atoms with E-state index in [1.54, 1.807) is 47.4 Å². The average Bonchev–Trinajstić information content (AvgIpc) is 2.98. The molecule has 4 rings (SSSR count). The van der Waals surface area contributed by atoms with Gasteiger partial charge in [0.25, 0.3) is 11.8 Å². The number of amides is 2. The van der Waals surface area contributed by atoms with Gasteiger partial charge in [-0.15, -0.1) is 0 Å². The zero-order valence-electron chi connectivity index (χ0n) is 14.4. The molecule has 0 bridgehead atoms. The number of benzene rings is 2. The molecule has 2 aromatic carbocycles. The minimum atomic E-state index is -0.443. The number of hydrogen-bond acceptors (Lipinski definition) is 4. The topological polar surface area (TPSA) is 88.3 Å². The van der Waals surface area contributed by atoms with Gasteiger partial charge in [-0.2, -0.15) is 0 Å². The molecule has 1 aromatic heterocycles. The summed E-state index contributed by atoms with van der Waals surface area (Å²) in [6.45, 7) is 0.404. The number of nitrogens with one attached hydrogen (secondary N) is 1. The van der Waals surface area contributed by atoms with Gasteiger partial charge >= 0.3 is 0 Å². The molecule has 0 unspecified atom stereocenters. The highest BCUT2D eigenvalue weighted by molar-refractivity contribution is 6.35. The predicted octanol–water partition coefficient (Wildman–Crippen LogP) is 4.38. The molecule has 8 heteroatoms. The van der Waals surface area contributed by atoms with Crippen molar-refractivity contribution in [3.63, 3.8) is 0 Å². The number of carbonyl (C=O) groups is 2. The number of nitrogen functional groups attached to an aromatic ring is 1. The Morgan fingerprint density at radius 3 is 2.71 bits per heavy atom. The lowest BCUT2D eigenvalue weighted by atomic mass is 10.1. The molecule has 0 saturated carbocycles. The molecule has 0 spiro atoms. The summed E-state index contributed by atoms with van der Waals surface area (Å²) in [7, 11) is 0. The maximum absolute atomic E-state index is 12.7. The van der Waals surface area contributed by atoms with Crippen LogP contribution in [0.4, 0.5) is 17.1 Å². The molecule has 6 nitrogen and oxygen atoms in total. The fraction of sp³-hybridized carbons (Fsp3) is 0.0500. The Morgan fingerprint density at radius 1 is 1.14 bits per heavy atom. The van der Waals surface area contributed by atoms with Crippen molar-refractivity contribution in [1.82, 2.24) is 4.98 Å². The van der Waals surface area contributed by atoms with Crippen molar-refractivity contribution in [2.24, 2.45) is 0 Å². The van der Waals surface area contributed by atoms with E-state index < -0.39 is 5.91 Å². The third-order valence-electron chi connectivity index (χ3n) is 4.43. The standard InChI is InChI=1S/C20H14Cl2N4O2/c21-12-4-3-11-10-26(20(28)14(11)8-12)17-6-5-13(9-15(17)22)25-19(27)18-16(23)2-1-7-24-18/h1-9H,10,23H2,(H,25,27). The van der Waals surface area contributed by atoms with E-state index in [-0.39, 0.29) is 17.3 Å². The van der Waals surface area contributed by atoms with Crippen molar-refractivity contribution in [1.29, 1.82) is 0 Å². The van der Waals surface area contributed by atoms with Crippen LogP contribution in [0.2, 0.25) is 10.0 Å². The molecule has 3 N–H and O–H groups in total. The second kappa shape index (κ2) is 7.14. The second-order valence-electron chi connectivity index (χ2n) is 6.25. The molecular weight excluding hydrogens is 399 g/mol. The van der Waals surface area contributed by atoms with Crippen molar-refractivity contribution in [2.45, 2.75) is 6.54 Å². The minimum absolute atomic E-state index is 0.129. The van der Waals surface area contributed by atoms with E-state index in [1.807, 2.05) is 6.07 Å². The van der Waals surface area contributed by atoms with Crippen LogP contribution in [0.3, 0.4) is 0 Å². The monoisotopic (exact) mass is 412 g/mol. The van der Waals surface area contributed by atoms with Crippen LogP contribution in [0.15, 0.2) is 54.7 Å². The summed E-state index contributed by atoms with van der Waals surface area (Å²) >= 11 is 12.4. The SMILES string of the molecule is Nc1cccnc1C(=O)Nc1ccc(N2Cc3ccc(Cl)cc3C2=O)c(Cl)c1. The number of aromatic nitrogens is 1. The number of fused-ring (bicyclic) bond motifs is 1. The number of hydrogen-bond donors (Lipinski definition) is 2. The quantitative estimate of drug-likeness (QED) is 0.667. The van der Waals surface area contributed by atoms with Crippen LogP contribution in [0.5, 0.6) is 0 Å². The van der Waals surface area contributed by atoms with E-state index in [2.05, 4.69) is 10.3 Å². The number of pyridine rings is 1. The summed E-state index contributed by atoms with van der Waals surface area (Å²) < 4.78 is 0. The summed E-state index contributed by atoms with van der Waals surface area (Å²) in [6.07, 6.45) is 1.49. The van der Waals surface area contributed by atoms with Crippen LogP contribution in [0.1, 0.15) is 26.4 Å². The summed E-state index contributed by atoms with van der Waals surface area (Å²) in [5, 5.41) is 3.55. The maximum Gasteiger partial charge on any atom is 0.276 e. The number of carbonyl (C=O) groups excluding carboxylic acids is 2. The molecule has 0 aliphatic carbocycles. The number of anilines is 3. The third kappa shape index (κ3) is 3.28. The highest BCUT2D eigenvalue weighted by atomic mass is 35.5. The first-order valence-electron chi connectivity index (χ1n) is 8.36. The maximum atomic E-state index is 12.7. The Hall–Kier alpha value is -3.09. The molecule has 28 heavy (non-hydrogen) atoms. The highest BCUT2D eigenvalue weighted by Gasteiger charge is 2.30. The molecule has 0 saturated heterocycles. The Labute approximate surface area is 170 Å². The first-order valence-corrected chi connectivity index (χ1v) is 9.11. The fourth-order valence-electron chi connectivity index (χ4n) is 3.07. The summed E-state index contributed by atoms with van der Waals surface area (Å²) in [4.78, 5) is 30.6. The van der Waals surface area contributed by atoms with Gasteiger partial charge in [0.15, 0.2) is 5.69 Å². The smallest absolute Gasteiger partial charge is 0.276 e.